The van der Waals surface area contributed by atoms with E-state index in [-0.39, 0.29) is 10.6 Å². The number of aromatic nitrogens is 3. The van der Waals surface area contributed by atoms with Crippen molar-refractivity contribution >= 4 is 108 Å². The monoisotopic (exact) mass is 913 g/mol. The van der Waals surface area contributed by atoms with Crippen LogP contribution in [0.4, 0.5) is 39.0 Å². The van der Waals surface area contributed by atoms with E-state index in [0.29, 0.717) is 30.3 Å². The Kier molecular flexibility index (Phi) is 11.9. The first-order chi connectivity index (χ1) is 26.2. The second-order valence-electron chi connectivity index (χ2n) is 11.0. The van der Waals surface area contributed by atoms with Gasteiger partial charge in [-0.1, -0.05) is 6.07 Å². The van der Waals surface area contributed by atoms with Crippen molar-refractivity contribution in [3.63, 3.8) is 0 Å². The molecule has 0 saturated carbocycles. The van der Waals surface area contributed by atoms with Crippen molar-refractivity contribution in [2.45, 2.75) is 19.6 Å². The lowest BCUT2D eigenvalue weighted by molar-refractivity contribution is 0.284. The first-order valence-electron chi connectivity index (χ1n) is 14.6. The molecule has 4 aromatic carbocycles. The number of nitrogens with one attached hydrogen (secondary N) is 2. The fraction of sp³-hybridized carbons (Fsp3) is 0.0741. The first kappa shape index (κ1) is 43.1. The number of azo groups is 1. The van der Waals surface area contributed by atoms with Gasteiger partial charge in [0.15, 0.2) is 15.6 Å². The Labute approximate surface area is 325 Å². The Morgan fingerprint density at radius 3 is 1.98 bits per heavy atom. The van der Waals surface area contributed by atoms with E-state index in [1.165, 1.54) is 12.1 Å². The lowest BCUT2D eigenvalue weighted by Crippen LogP contribution is -2.15. The molecule has 0 atom stereocenters. The van der Waals surface area contributed by atoms with E-state index in [9.17, 15) is 65.2 Å². The van der Waals surface area contributed by atoms with E-state index in [0.717, 1.165) is 18.2 Å². The highest BCUT2D eigenvalue weighted by Crippen LogP contribution is 2.46. The molecule has 304 valence electrons. The molecular formula is C27H21ClFN7O16S5. The maximum Gasteiger partial charge on any atom is 0.397 e. The Morgan fingerprint density at radius 1 is 0.719 bits per heavy atom. The Morgan fingerprint density at radius 2 is 1.37 bits per heavy atom. The molecule has 0 fully saturated rings. The first-order valence-corrected chi connectivity index (χ1v) is 22.3. The smallest absolute Gasteiger partial charge is 0.397 e. The van der Waals surface area contributed by atoms with E-state index in [2.05, 4.69) is 40.0 Å². The van der Waals surface area contributed by atoms with Gasteiger partial charge in [0.25, 0.3) is 30.4 Å². The third-order valence-electron chi connectivity index (χ3n) is 7.05. The average molecular weight is 914 g/mol. The molecular weight excluding hydrogens is 893 g/mol. The lowest BCUT2D eigenvalue weighted by Gasteiger charge is -2.15. The highest BCUT2D eigenvalue weighted by Gasteiger charge is 2.26. The van der Waals surface area contributed by atoms with Crippen LogP contribution in [0.3, 0.4) is 0 Å². The summed E-state index contributed by atoms with van der Waals surface area (Å²) in [4.78, 5) is 8.05. The summed E-state index contributed by atoms with van der Waals surface area (Å²) in [5.74, 6) is -4.34. The van der Waals surface area contributed by atoms with Gasteiger partial charge in [-0.25, -0.2) is 17.0 Å². The van der Waals surface area contributed by atoms with Crippen molar-refractivity contribution in [2.24, 2.45) is 10.2 Å². The van der Waals surface area contributed by atoms with Gasteiger partial charge in [-0.05, 0) is 71.6 Å². The van der Waals surface area contributed by atoms with Crippen LogP contribution in [0.15, 0.2) is 90.5 Å². The highest BCUT2D eigenvalue weighted by molar-refractivity contribution is 7.91. The van der Waals surface area contributed by atoms with Crippen LogP contribution in [0.2, 0.25) is 5.28 Å². The largest absolute Gasteiger partial charge is 0.505 e. The van der Waals surface area contributed by atoms with Crippen LogP contribution in [-0.4, -0.2) is 92.7 Å². The topological polar surface area (TPSA) is 369 Å². The zero-order chi connectivity index (χ0) is 42.3. The minimum absolute atomic E-state index is 0.00839. The van der Waals surface area contributed by atoms with Gasteiger partial charge in [0.05, 0.1) is 33.5 Å². The van der Waals surface area contributed by atoms with Crippen molar-refractivity contribution in [1.82, 2.24) is 15.0 Å². The number of sulfone groups is 1. The minimum atomic E-state index is -5.35. The van der Waals surface area contributed by atoms with Crippen LogP contribution in [0.1, 0.15) is 0 Å². The molecule has 5 aromatic rings. The fourth-order valence-corrected chi connectivity index (χ4v) is 8.18. The van der Waals surface area contributed by atoms with Gasteiger partial charge in [0.2, 0.25) is 17.2 Å². The maximum absolute atomic E-state index is 14.0. The standard InChI is InChI=1S/C27H21ClFN7O16S5/c28-25-32-26(30-14-2-1-3-16(10-14)53(38,39)7-6-52-57(49,50)51)34-27(33-25)31-19-12-17(54(40,41)42)8-13-9-21(56(46,47)48)23(24(37)22(13)19)36-35-15-4-5-18(29)20(11-15)55(43,44)45/h1-5,8-12,37H,6-7H2,(H,40,41,42)(H,43,44,45)(H,46,47,48)(H,49,50,51)(H2,30,31,32,33,34). The third-order valence-corrected chi connectivity index (χ3v) is 11.9. The molecule has 1 heterocycles. The van der Waals surface area contributed by atoms with Gasteiger partial charge in [-0.15, -0.1) is 5.11 Å². The molecule has 0 aliphatic rings. The molecule has 0 radical (unpaired) electrons. The van der Waals surface area contributed by atoms with Gasteiger partial charge in [0.1, 0.15) is 21.3 Å². The van der Waals surface area contributed by atoms with Crippen molar-refractivity contribution < 1.29 is 74.0 Å². The summed E-state index contributed by atoms with van der Waals surface area (Å²) in [5, 5.41) is 22.1. The molecule has 0 aliphatic carbocycles. The van der Waals surface area contributed by atoms with Crippen molar-refractivity contribution in [3.05, 3.63) is 71.8 Å². The number of halogens is 2. The fourth-order valence-electron chi connectivity index (χ4n) is 4.71. The summed E-state index contributed by atoms with van der Waals surface area (Å²) >= 11 is 6.07. The van der Waals surface area contributed by atoms with Crippen molar-refractivity contribution in [1.29, 1.82) is 0 Å². The summed E-state index contributed by atoms with van der Waals surface area (Å²) in [6.07, 6.45) is 0. The molecule has 0 spiro atoms. The number of phenolic OH excluding ortho intramolecular Hbond substituents is 1. The van der Waals surface area contributed by atoms with Gasteiger partial charge < -0.3 is 15.7 Å². The third kappa shape index (κ3) is 10.7. The lowest BCUT2D eigenvalue weighted by atomic mass is 10.1. The second kappa shape index (κ2) is 15.7. The summed E-state index contributed by atoms with van der Waals surface area (Å²) in [6, 6.07) is 8.77. The van der Waals surface area contributed by atoms with Crippen LogP contribution >= 0.6 is 11.6 Å². The van der Waals surface area contributed by atoms with E-state index in [1.807, 2.05) is 0 Å². The van der Waals surface area contributed by atoms with Crippen LogP contribution in [-0.2, 0) is 54.8 Å². The number of benzene rings is 4. The minimum Gasteiger partial charge on any atom is -0.505 e. The number of fused-ring (bicyclic) bond motifs is 1. The molecule has 23 nitrogen and oxygen atoms in total. The van der Waals surface area contributed by atoms with Crippen molar-refractivity contribution in [3.8, 4) is 5.75 Å². The number of anilines is 4. The molecule has 30 heteroatoms. The van der Waals surface area contributed by atoms with Crippen LogP contribution < -0.4 is 10.6 Å². The Hall–Kier alpha value is -5.08. The van der Waals surface area contributed by atoms with Gasteiger partial charge in [0, 0.05) is 11.1 Å². The molecule has 7 N–H and O–H groups in total. The maximum atomic E-state index is 14.0. The summed E-state index contributed by atoms with van der Waals surface area (Å²) in [7, 11) is -24.7. The van der Waals surface area contributed by atoms with Crippen LogP contribution in [0, 0.1) is 5.82 Å². The summed E-state index contributed by atoms with van der Waals surface area (Å²) in [5.41, 5.74) is -2.06. The predicted molar refractivity (Wildman–Crippen MR) is 193 cm³/mol. The molecule has 5 rings (SSSR count). The van der Waals surface area contributed by atoms with Gasteiger partial charge in [-0.3, -0.25) is 18.2 Å². The number of phenols is 1. The SMILES string of the molecule is O=S(=O)(O)OCCS(=O)(=O)c1cccc(Nc2nc(Cl)nc(Nc3cc(S(=O)(=O)O)cc4cc(S(=O)(=O)O)c(N=Nc5ccc(F)c(S(=O)(=O)O)c5)c(O)c34)n2)c1. The number of nitrogens with zero attached hydrogens (tertiary/aromatic N) is 5. The summed E-state index contributed by atoms with van der Waals surface area (Å²) in [6.45, 7) is -0.909. The number of hydrogen-bond acceptors (Lipinski definition) is 19. The highest BCUT2D eigenvalue weighted by atomic mass is 35.5. The Balaban J connectivity index is 1.60. The van der Waals surface area contributed by atoms with E-state index >= 15 is 0 Å². The van der Waals surface area contributed by atoms with Crippen LogP contribution in [0.5, 0.6) is 5.75 Å². The zero-order valence-corrected chi connectivity index (χ0v) is 32.3. The van der Waals surface area contributed by atoms with E-state index < -0.39 is 134 Å². The molecule has 1 aromatic heterocycles. The molecule has 0 unspecified atom stereocenters. The van der Waals surface area contributed by atoms with Crippen LogP contribution in [0.25, 0.3) is 10.8 Å². The molecule has 0 saturated heterocycles. The molecule has 0 aliphatic heterocycles. The summed E-state index contributed by atoms with van der Waals surface area (Å²) < 4.78 is 175. The Bertz CT molecular complexity index is 3070. The molecule has 0 amide bonds. The van der Waals surface area contributed by atoms with E-state index in [1.54, 1.807) is 0 Å². The quantitative estimate of drug-likeness (QED) is 0.0616. The number of rotatable bonds is 14. The predicted octanol–water partition coefficient (Wildman–Crippen LogP) is 3.76. The van der Waals surface area contributed by atoms with Crippen molar-refractivity contribution in [2.75, 3.05) is 23.0 Å². The number of aromatic hydroxyl groups is 1. The number of hydrogen-bond donors (Lipinski definition) is 7. The molecule has 57 heavy (non-hydrogen) atoms. The zero-order valence-electron chi connectivity index (χ0n) is 27.4. The van der Waals surface area contributed by atoms with E-state index in [4.69, 9.17) is 16.2 Å². The second-order valence-corrected chi connectivity index (χ2v) is 18.7. The molecule has 0 bridgehead atoms. The van der Waals surface area contributed by atoms with Gasteiger partial charge in [-0.2, -0.15) is 53.7 Å². The normalized spacial score (nSPS) is 12.9. The average Bonchev–Trinajstić information content (AvgIpc) is 3.06. The van der Waals surface area contributed by atoms with Gasteiger partial charge >= 0.3 is 10.4 Å².